The molecule has 12 heteroatoms. The third kappa shape index (κ3) is 17.7. The molecule has 0 amide bonds. The molecule has 0 saturated carbocycles. The maximum atomic E-state index is 10.9. The molecule has 1 fully saturated rings. The van der Waals surface area contributed by atoms with Crippen LogP contribution in [0, 0.1) is 18.3 Å². The van der Waals surface area contributed by atoms with Gasteiger partial charge in [-0.05, 0) is 76.3 Å². The van der Waals surface area contributed by atoms with Crippen LogP contribution >= 0.6 is 8.53 Å². The van der Waals surface area contributed by atoms with E-state index >= 15 is 0 Å². The predicted molar refractivity (Wildman–Crippen MR) is 265 cm³/mol. The van der Waals surface area contributed by atoms with Crippen LogP contribution < -0.4 is 4.74 Å². The molecule has 10 nitrogen and oxygen atoms in total. The molecule has 1 aliphatic heterocycles. The van der Waals surface area contributed by atoms with E-state index in [-0.39, 0.29) is 49.8 Å². The van der Waals surface area contributed by atoms with Gasteiger partial charge in [0.05, 0.1) is 45.4 Å². The minimum Gasteiger partial charge on any atom is -0.497 e. The number of rotatable bonds is 33. The second kappa shape index (κ2) is 30.1. The van der Waals surface area contributed by atoms with E-state index in [0.717, 1.165) is 53.7 Å². The molecular weight excluding hydrogens is 834 g/mol. The summed E-state index contributed by atoms with van der Waals surface area (Å²) >= 11 is 0. The molecule has 0 spiro atoms. The first kappa shape index (κ1) is 54.3. The Labute approximate surface area is 394 Å². The Morgan fingerprint density at radius 3 is 1.75 bits per heavy atom. The number of hydrogen-bond acceptors (Lipinski definition) is 10. The van der Waals surface area contributed by atoms with Crippen molar-refractivity contribution in [2.45, 2.75) is 180 Å². The highest BCUT2D eigenvalue weighted by atomic mass is 31.2. The van der Waals surface area contributed by atoms with Crippen molar-refractivity contribution in [2.75, 3.05) is 33.5 Å². The van der Waals surface area contributed by atoms with E-state index in [1.54, 1.807) is 7.11 Å². The van der Waals surface area contributed by atoms with Crippen molar-refractivity contribution in [3.05, 3.63) is 101 Å². The summed E-state index contributed by atoms with van der Waals surface area (Å²) < 4.78 is 47.5. The smallest absolute Gasteiger partial charge is 0.302 e. The van der Waals surface area contributed by atoms with Gasteiger partial charge >= 0.3 is 5.97 Å². The van der Waals surface area contributed by atoms with Gasteiger partial charge in [0.1, 0.15) is 37.5 Å². The van der Waals surface area contributed by atoms with Crippen LogP contribution in [0.5, 0.6) is 5.75 Å². The Morgan fingerprint density at radius 2 is 1.25 bits per heavy atom. The van der Waals surface area contributed by atoms with Crippen molar-refractivity contribution in [3.8, 4) is 11.8 Å². The lowest BCUT2D eigenvalue weighted by Crippen LogP contribution is -2.43. The molecule has 1 saturated heterocycles. The first-order valence-corrected chi connectivity index (χ1v) is 25.7. The van der Waals surface area contributed by atoms with Crippen LogP contribution in [0.2, 0.25) is 0 Å². The van der Waals surface area contributed by atoms with Gasteiger partial charge in [-0.3, -0.25) is 4.79 Å². The second-order valence-corrected chi connectivity index (χ2v) is 19.5. The number of methoxy groups -OCH3 is 1. The van der Waals surface area contributed by atoms with Crippen LogP contribution in [-0.2, 0) is 38.4 Å². The Hall–Kier alpha value is -3.33. The van der Waals surface area contributed by atoms with Crippen molar-refractivity contribution < 1.29 is 37.5 Å². The van der Waals surface area contributed by atoms with Crippen molar-refractivity contribution in [2.24, 2.45) is 0 Å². The van der Waals surface area contributed by atoms with E-state index < -0.39 is 26.3 Å². The minimum absolute atomic E-state index is 0.140. The lowest BCUT2D eigenvalue weighted by atomic mass is 9.79. The number of carbonyl (C=O) groups is 1. The quantitative estimate of drug-likeness (QED) is 0.0193. The van der Waals surface area contributed by atoms with Gasteiger partial charge in [0.25, 0.3) is 8.53 Å². The molecule has 0 aliphatic carbocycles. The highest BCUT2D eigenvalue weighted by Gasteiger charge is 2.49. The Morgan fingerprint density at radius 1 is 0.738 bits per heavy atom. The highest BCUT2D eigenvalue weighted by Crippen LogP contribution is 2.50. The molecule has 0 bridgehead atoms. The summed E-state index contributed by atoms with van der Waals surface area (Å²) in [6.07, 6.45) is 15.9. The zero-order valence-corrected chi connectivity index (χ0v) is 41.9. The van der Waals surface area contributed by atoms with Gasteiger partial charge in [0.2, 0.25) is 0 Å². The average Bonchev–Trinajstić information content (AvgIpc) is 3.59. The fourth-order valence-corrected chi connectivity index (χ4v) is 10.6. The maximum absolute atomic E-state index is 10.9. The molecule has 358 valence electrons. The van der Waals surface area contributed by atoms with E-state index in [9.17, 15) is 10.1 Å². The molecule has 0 N–H and O–H groups in total. The monoisotopic (exact) mass is 915 g/mol. The number of ether oxygens (including phenoxy) is 5. The number of benzene rings is 3. The Kier molecular flexibility index (Phi) is 25.2. The summed E-state index contributed by atoms with van der Waals surface area (Å²) in [6, 6.07) is 29.3. The second-order valence-electron chi connectivity index (χ2n) is 18.1. The van der Waals surface area contributed by atoms with Gasteiger partial charge in [0, 0.05) is 25.6 Å². The Bertz CT molecular complexity index is 1770. The van der Waals surface area contributed by atoms with E-state index in [1.165, 1.54) is 71.1 Å². The summed E-state index contributed by atoms with van der Waals surface area (Å²) in [5, 5.41) is 9.45. The molecule has 0 aromatic heterocycles. The lowest BCUT2D eigenvalue weighted by Gasteiger charge is -2.39. The molecule has 2 unspecified atom stereocenters. The van der Waals surface area contributed by atoms with Crippen LogP contribution in [0.4, 0.5) is 0 Å². The lowest BCUT2D eigenvalue weighted by molar-refractivity contribution is -0.141. The third-order valence-electron chi connectivity index (χ3n) is 12.2. The van der Waals surface area contributed by atoms with Crippen LogP contribution in [-0.4, -0.2) is 88.4 Å². The number of nitriles is 1. The van der Waals surface area contributed by atoms with E-state index in [1.807, 2.05) is 18.2 Å². The number of aryl methyl sites for hydroxylation is 1. The normalized spacial score (nSPS) is 18.8. The first-order chi connectivity index (χ1) is 31.5. The van der Waals surface area contributed by atoms with Crippen LogP contribution in [0.25, 0.3) is 0 Å². The summed E-state index contributed by atoms with van der Waals surface area (Å²) in [5.74, 6) is 0.587. The minimum atomic E-state index is -1.58. The van der Waals surface area contributed by atoms with Gasteiger partial charge < -0.3 is 32.7 Å². The molecule has 4 rings (SSSR count). The fraction of sp³-hybridized carbons (Fsp3) is 0.623. The number of hydrogen-bond donors (Lipinski definition) is 0. The van der Waals surface area contributed by atoms with Crippen LogP contribution in [0.15, 0.2) is 78.9 Å². The molecule has 6 atom stereocenters. The van der Waals surface area contributed by atoms with E-state index in [2.05, 4.69) is 114 Å². The SMILES string of the molecule is B[C@@H]1O[C@H](COC(c2ccccc2)(c2ccc(C)cc2)c2ccc(OC)cc2)[C@@H](OP(OCCC#N)N(C(C)C)C(C)C)[C@H]1OCCCCCCCCCCCCCCCCOC(C)=O. The topological polar surface area (TPSA) is 109 Å². The largest absolute Gasteiger partial charge is 0.497 e. The predicted octanol–water partition coefficient (Wildman–Crippen LogP) is 11.7. The molecule has 1 heterocycles. The standard InChI is InChI=1S/C53H80BN2O8P/c1-41(2)56(42(3)4)65(62-39-25-36-55)64-50-49(63-52(54)51(50)60-38-24-19-17-15-13-11-9-8-10-12-14-16-18-23-37-59-44(6)57)40-61-53(45-26-21-20-22-27-45,46-30-28-43(5)29-31-46)47-32-34-48(58-7)35-33-47/h20-22,26-35,41-42,49-52H,8-19,23-25,37-40,54H2,1-7H3/t49-,50-,51-,52-,53?,65?/m1/s1. The van der Waals surface area contributed by atoms with Gasteiger partial charge in [-0.15, -0.1) is 0 Å². The number of esters is 1. The molecule has 65 heavy (non-hydrogen) atoms. The van der Waals surface area contributed by atoms with E-state index in [0.29, 0.717) is 13.2 Å². The number of carbonyl (C=O) groups excluding carboxylic acids is 1. The zero-order valence-electron chi connectivity index (χ0n) is 41.0. The van der Waals surface area contributed by atoms with Gasteiger partial charge in [-0.1, -0.05) is 149 Å². The first-order valence-electron chi connectivity index (χ1n) is 24.6. The van der Waals surface area contributed by atoms with E-state index in [4.69, 9.17) is 32.7 Å². The summed E-state index contributed by atoms with van der Waals surface area (Å²) in [4.78, 5) is 10.9. The maximum Gasteiger partial charge on any atom is 0.302 e. The van der Waals surface area contributed by atoms with Gasteiger partial charge in [-0.25, -0.2) is 4.67 Å². The van der Waals surface area contributed by atoms with Crippen LogP contribution in [0.3, 0.4) is 0 Å². The van der Waals surface area contributed by atoms with Crippen molar-refractivity contribution in [3.63, 3.8) is 0 Å². The molecule has 1 aliphatic rings. The van der Waals surface area contributed by atoms with Crippen molar-refractivity contribution in [1.82, 2.24) is 4.67 Å². The molecule has 3 aromatic carbocycles. The summed E-state index contributed by atoms with van der Waals surface area (Å²) in [5.41, 5.74) is 3.14. The van der Waals surface area contributed by atoms with Gasteiger partial charge in [-0.2, -0.15) is 5.26 Å². The molecular formula is C53H80BN2O8P. The molecule has 3 aromatic rings. The number of nitrogens with zero attached hydrogens (tertiary/aromatic N) is 2. The van der Waals surface area contributed by atoms with Crippen LogP contribution in [0.1, 0.15) is 153 Å². The average molecular weight is 915 g/mol. The molecule has 0 radical (unpaired) electrons. The summed E-state index contributed by atoms with van der Waals surface area (Å²) in [7, 11) is 2.17. The number of unbranched alkanes of at least 4 members (excludes halogenated alkanes) is 13. The van der Waals surface area contributed by atoms with Gasteiger partial charge in [0.15, 0.2) is 0 Å². The van der Waals surface area contributed by atoms with Crippen molar-refractivity contribution >= 4 is 22.3 Å². The summed E-state index contributed by atoms with van der Waals surface area (Å²) in [6.45, 7) is 13.8. The Balaban J connectivity index is 1.44. The zero-order chi connectivity index (χ0) is 46.9. The fourth-order valence-electron chi connectivity index (χ4n) is 8.80. The highest BCUT2D eigenvalue weighted by molar-refractivity contribution is 7.44. The third-order valence-corrected chi connectivity index (χ3v) is 14.3. The van der Waals surface area contributed by atoms with Crippen molar-refractivity contribution in [1.29, 1.82) is 5.26 Å².